The van der Waals surface area contributed by atoms with E-state index in [2.05, 4.69) is 0 Å². The molecule has 100 valence electrons. The molecule has 0 aliphatic carbocycles. The predicted molar refractivity (Wildman–Crippen MR) is 72.8 cm³/mol. The van der Waals surface area contributed by atoms with Gasteiger partial charge in [0.25, 0.3) is 0 Å². The third kappa shape index (κ3) is 4.17. The minimum absolute atomic E-state index is 0.110. The Labute approximate surface area is 112 Å². The molecule has 0 aliphatic heterocycles. The first-order chi connectivity index (χ1) is 9.05. The lowest BCUT2D eigenvalue weighted by Gasteiger charge is -2.05. The van der Waals surface area contributed by atoms with Gasteiger partial charge in [0.15, 0.2) is 0 Å². The molecule has 0 amide bonds. The van der Waals surface area contributed by atoms with Gasteiger partial charge in [-0.2, -0.15) is 0 Å². The molecule has 0 saturated carbocycles. The van der Waals surface area contributed by atoms with E-state index < -0.39 is 10.0 Å². The zero-order valence-electron chi connectivity index (χ0n) is 10.3. The van der Waals surface area contributed by atoms with Gasteiger partial charge in [0.05, 0.1) is 18.1 Å². The first-order valence-electron chi connectivity index (χ1n) is 5.79. The van der Waals surface area contributed by atoms with Crippen molar-refractivity contribution in [3.05, 3.63) is 65.7 Å². The lowest BCUT2D eigenvalue weighted by atomic mass is 10.2. The molecule has 0 aromatic heterocycles. The Morgan fingerprint density at radius 3 is 1.89 bits per heavy atom. The largest absolute Gasteiger partial charge is 0.372 e. The summed E-state index contributed by atoms with van der Waals surface area (Å²) in [6.45, 7) is 0.956. The lowest BCUT2D eigenvalue weighted by Crippen LogP contribution is -2.11. The van der Waals surface area contributed by atoms with Crippen molar-refractivity contribution in [3.63, 3.8) is 0 Å². The molecule has 0 fully saturated rings. The van der Waals surface area contributed by atoms with E-state index >= 15 is 0 Å². The Hall–Kier alpha value is -1.69. The standard InChI is InChI=1S/C14H15NO3S/c15-19(16,17)14-8-6-13(7-9-14)11-18-10-12-4-2-1-3-5-12/h1-9H,10-11H2,(H2,15,16,17). The average molecular weight is 277 g/mol. The van der Waals surface area contributed by atoms with Crippen LogP contribution in [0.4, 0.5) is 0 Å². The third-order valence-corrected chi connectivity index (χ3v) is 3.56. The summed E-state index contributed by atoms with van der Waals surface area (Å²) in [6, 6.07) is 16.2. The molecule has 2 aromatic carbocycles. The van der Waals surface area contributed by atoms with Crippen LogP contribution in [0.1, 0.15) is 11.1 Å². The molecule has 4 nitrogen and oxygen atoms in total. The number of primary sulfonamides is 1. The monoisotopic (exact) mass is 277 g/mol. The van der Waals surface area contributed by atoms with Gasteiger partial charge in [-0.3, -0.25) is 0 Å². The summed E-state index contributed by atoms with van der Waals surface area (Å²) in [5.74, 6) is 0. The summed E-state index contributed by atoms with van der Waals surface area (Å²) in [5, 5.41) is 5.02. The molecule has 2 aromatic rings. The van der Waals surface area contributed by atoms with E-state index in [1.54, 1.807) is 12.1 Å². The molecule has 5 heteroatoms. The Bertz CT molecular complexity index is 622. The Kier molecular flexibility index (Phi) is 4.31. The van der Waals surface area contributed by atoms with Crippen LogP contribution in [0.25, 0.3) is 0 Å². The molecule has 0 radical (unpaired) electrons. The van der Waals surface area contributed by atoms with E-state index in [0.29, 0.717) is 13.2 Å². The van der Waals surface area contributed by atoms with Crippen molar-refractivity contribution in [3.8, 4) is 0 Å². The Morgan fingerprint density at radius 2 is 1.37 bits per heavy atom. The van der Waals surface area contributed by atoms with Crippen molar-refractivity contribution in [2.75, 3.05) is 0 Å². The van der Waals surface area contributed by atoms with Gasteiger partial charge >= 0.3 is 0 Å². The SMILES string of the molecule is NS(=O)(=O)c1ccc(COCc2ccccc2)cc1. The summed E-state index contributed by atoms with van der Waals surface area (Å²) in [6.07, 6.45) is 0. The fourth-order valence-corrected chi connectivity index (χ4v) is 2.15. The van der Waals surface area contributed by atoms with E-state index in [-0.39, 0.29) is 4.90 Å². The van der Waals surface area contributed by atoms with Crippen LogP contribution in [0.3, 0.4) is 0 Å². The van der Waals surface area contributed by atoms with Crippen molar-refractivity contribution >= 4 is 10.0 Å². The number of benzene rings is 2. The van der Waals surface area contributed by atoms with Gasteiger partial charge in [-0.25, -0.2) is 13.6 Å². The zero-order chi connectivity index (χ0) is 13.7. The molecule has 2 N–H and O–H groups in total. The highest BCUT2D eigenvalue weighted by atomic mass is 32.2. The number of sulfonamides is 1. The van der Waals surface area contributed by atoms with Crippen molar-refractivity contribution in [1.29, 1.82) is 0 Å². The maximum atomic E-state index is 11.1. The maximum Gasteiger partial charge on any atom is 0.238 e. The summed E-state index contributed by atoms with van der Waals surface area (Å²) < 4.78 is 27.7. The van der Waals surface area contributed by atoms with Crippen LogP contribution >= 0.6 is 0 Å². The summed E-state index contributed by atoms with van der Waals surface area (Å²) in [7, 11) is -3.62. The van der Waals surface area contributed by atoms with Crippen LogP contribution in [-0.2, 0) is 28.0 Å². The molecular weight excluding hydrogens is 262 g/mol. The summed E-state index contributed by atoms with van der Waals surface area (Å²) in [5.41, 5.74) is 2.01. The van der Waals surface area contributed by atoms with E-state index in [1.165, 1.54) is 12.1 Å². The first-order valence-corrected chi connectivity index (χ1v) is 7.34. The van der Waals surface area contributed by atoms with Crippen LogP contribution in [0.15, 0.2) is 59.5 Å². The van der Waals surface area contributed by atoms with Gasteiger partial charge in [0.1, 0.15) is 0 Å². The lowest BCUT2D eigenvalue weighted by molar-refractivity contribution is 0.107. The maximum absolute atomic E-state index is 11.1. The smallest absolute Gasteiger partial charge is 0.238 e. The second-order valence-corrected chi connectivity index (χ2v) is 5.73. The molecule has 2 rings (SSSR count). The van der Waals surface area contributed by atoms with Crippen LogP contribution in [-0.4, -0.2) is 8.42 Å². The number of hydrogen-bond donors (Lipinski definition) is 1. The number of hydrogen-bond acceptors (Lipinski definition) is 3. The molecule has 0 aliphatic rings. The second kappa shape index (κ2) is 5.97. The van der Waals surface area contributed by atoms with Crippen LogP contribution in [0, 0.1) is 0 Å². The highest BCUT2D eigenvalue weighted by Crippen LogP contribution is 2.10. The molecule has 0 spiro atoms. The highest BCUT2D eigenvalue weighted by Gasteiger charge is 2.06. The molecule has 0 bridgehead atoms. The van der Waals surface area contributed by atoms with E-state index in [0.717, 1.165) is 11.1 Å². The minimum atomic E-state index is -3.62. The molecule has 0 atom stereocenters. The fourth-order valence-electron chi connectivity index (χ4n) is 1.64. The van der Waals surface area contributed by atoms with Gasteiger partial charge in [-0.15, -0.1) is 0 Å². The van der Waals surface area contributed by atoms with E-state index in [4.69, 9.17) is 9.88 Å². The van der Waals surface area contributed by atoms with Crippen molar-refractivity contribution in [2.45, 2.75) is 18.1 Å². The average Bonchev–Trinajstić information content (AvgIpc) is 2.39. The van der Waals surface area contributed by atoms with Gasteiger partial charge < -0.3 is 4.74 Å². The number of ether oxygens (including phenoxy) is 1. The second-order valence-electron chi connectivity index (χ2n) is 4.17. The minimum Gasteiger partial charge on any atom is -0.372 e. The van der Waals surface area contributed by atoms with Crippen molar-refractivity contribution in [1.82, 2.24) is 0 Å². The molecule has 0 saturated heterocycles. The molecule has 19 heavy (non-hydrogen) atoms. The third-order valence-electron chi connectivity index (χ3n) is 2.63. The quantitative estimate of drug-likeness (QED) is 0.909. The normalized spacial score (nSPS) is 11.4. The molecular formula is C14H15NO3S. The van der Waals surface area contributed by atoms with E-state index in [1.807, 2.05) is 30.3 Å². The highest BCUT2D eigenvalue weighted by molar-refractivity contribution is 7.89. The Morgan fingerprint density at radius 1 is 0.842 bits per heavy atom. The zero-order valence-corrected chi connectivity index (χ0v) is 11.1. The van der Waals surface area contributed by atoms with Crippen LogP contribution in [0.2, 0.25) is 0 Å². The molecule has 0 heterocycles. The predicted octanol–water partition coefficient (Wildman–Crippen LogP) is 2.05. The fraction of sp³-hybridized carbons (Fsp3) is 0.143. The van der Waals surface area contributed by atoms with Crippen LogP contribution in [0.5, 0.6) is 0 Å². The van der Waals surface area contributed by atoms with Crippen LogP contribution < -0.4 is 5.14 Å². The van der Waals surface area contributed by atoms with Gasteiger partial charge in [0, 0.05) is 0 Å². The topological polar surface area (TPSA) is 69.4 Å². The number of rotatable bonds is 5. The molecule has 0 unspecified atom stereocenters. The van der Waals surface area contributed by atoms with Gasteiger partial charge in [-0.1, -0.05) is 42.5 Å². The van der Waals surface area contributed by atoms with Gasteiger partial charge in [0.2, 0.25) is 10.0 Å². The van der Waals surface area contributed by atoms with Crippen molar-refractivity contribution < 1.29 is 13.2 Å². The first kappa shape index (κ1) is 13.7. The Balaban J connectivity index is 1.90. The summed E-state index contributed by atoms with van der Waals surface area (Å²) in [4.78, 5) is 0.110. The van der Waals surface area contributed by atoms with Crippen molar-refractivity contribution in [2.24, 2.45) is 5.14 Å². The van der Waals surface area contributed by atoms with Gasteiger partial charge in [-0.05, 0) is 23.3 Å². The number of nitrogens with two attached hydrogens (primary N) is 1. The van der Waals surface area contributed by atoms with E-state index in [9.17, 15) is 8.42 Å². The summed E-state index contributed by atoms with van der Waals surface area (Å²) >= 11 is 0.